The minimum Gasteiger partial charge on any atom is -0.462 e. The Morgan fingerprint density at radius 3 is 2.33 bits per heavy atom. The number of ether oxygens (including phenoxy) is 1. The summed E-state index contributed by atoms with van der Waals surface area (Å²) in [6.07, 6.45) is 12.0. The Morgan fingerprint density at radius 1 is 0.889 bits per heavy atom. The van der Waals surface area contributed by atoms with Gasteiger partial charge in [-0.05, 0) is 93.4 Å². The van der Waals surface area contributed by atoms with E-state index < -0.39 is 0 Å². The SMILES string of the molecule is Cc1ccc(CCC2CCC(CCC3CCC(C)CC3)OC2=O)c(C)c1C. The number of carbonyl (C=O) groups is 1. The number of hydrogen-bond donors (Lipinski definition) is 0. The molecule has 0 N–H and O–H groups in total. The predicted octanol–water partition coefficient (Wildman–Crippen LogP) is 6.47. The van der Waals surface area contributed by atoms with Crippen molar-refractivity contribution in [1.82, 2.24) is 0 Å². The largest absolute Gasteiger partial charge is 0.462 e. The van der Waals surface area contributed by atoms with Gasteiger partial charge in [-0.3, -0.25) is 4.79 Å². The van der Waals surface area contributed by atoms with E-state index in [1.807, 2.05) is 0 Å². The van der Waals surface area contributed by atoms with Crippen molar-refractivity contribution in [3.63, 3.8) is 0 Å². The number of hydrogen-bond acceptors (Lipinski definition) is 2. The molecule has 2 atom stereocenters. The van der Waals surface area contributed by atoms with Crippen LogP contribution in [0.5, 0.6) is 0 Å². The standard InChI is InChI=1S/C25H38O2/c1-17-5-8-21(9-6-17)10-15-24-16-14-23(25(26)27-24)13-12-22-11-7-18(2)19(3)20(22)4/h7,11,17,21,23-24H,5-6,8-10,12-16H2,1-4H3. The van der Waals surface area contributed by atoms with Crippen LogP contribution in [0, 0.1) is 38.5 Å². The molecule has 1 heterocycles. The van der Waals surface area contributed by atoms with Crippen molar-refractivity contribution in [2.24, 2.45) is 17.8 Å². The van der Waals surface area contributed by atoms with Gasteiger partial charge in [0, 0.05) is 0 Å². The lowest BCUT2D eigenvalue weighted by Gasteiger charge is -2.31. The van der Waals surface area contributed by atoms with Gasteiger partial charge in [0.15, 0.2) is 0 Å². The fourth-order valence-electron chi connectivity index (χ4n) is 4.94. The van der Waals surface area contributed by atoms with Gasteiger partial charge in [-0.25, -0.2) is 0 Å². The highest BCUT2D eigenvalue weighted by Crippen LogP contribution is 2.34. The van der Waals surface area contributed by atoms with Crippen LogP contribution >= 0.6 is 0 Å². The number of benzene rings is 1. The topological polar surface area (TPSA) is 26.3 Å². The first-order chi connectivity index (χ1) is 12.9. The summed E-state index contributed by atoms with van der Waals surface area (Å²) in [5.74, 6) is 1.93. The third-order valence-corrected chi connectivity index (χ3v) is 7.42. The number of rotatable bonds is 6. The first-order valence-corrected chi connectivity index (χ1v) is 11.2. The first-order valence-electron chi connectivity index (χ1n) is 11.2. The highest BCUT2D eigenvalue weighted by Gasteiger charge is 2.30. The molecule has 2 fully saturated rings. The summed E-state index contributed by atoms with van der Waals surface area (Å²) in [7, 11) is 0. The van der Waals surface area contributed by atoms with Crippen LogP contribution < -0.4 is 0 Å². The van der Waals surface area contributed by atoms with Crippen LogP contribution in [-0.2, 0) is 16.0 Å². The van der Waals surface area contributed by atoms with Gasteiger partial charge < -0.3 is 4.74 Å². The molecule has 1 aliphatic heterocycles. The molecule has 0 spiro atoms. The summed E-state index contributed by atoms with van der Waals surface area (Å²) in [5.41, 5.74) is 5.51. The molecule has 27 heavy (non-hydrogen) atoms. The maximum atomic E-state index is 12.5. The number of carbonyl (C=O) groups excluding carboxylic acids is 1. The molecule has 1 aliphatic carbocycles. The fraction of sp³-hybridized carbons (Fsp3) is 0.720. The van der Waals surface area contributed by atoms with E-state index >= 15 is 0 Å². The van der Waals surface area contributed by atoms with E-state index in [2.05, 4.69) is 39.8 Å². The summed E-state index contributed by atoms with van der Waals surface area (Å²) < 4.78 is 5.83. The van der Waals surface area contributed by atoms with Crippen molar-refractivity contribution < 1.29 is 9.53 Å². The summed E-state index contributed by atoms with van der Waals surface area (Å²) in [6, 6.07) is 4.44. The van der Waals surface area contributed by atoms with Crippen molar-refractivity contribution in [3.05, 3.63) is 34.4 Å². The van der Waals surface area contributed by atoms with Crippen LogP contribution in [0.1, 0.15) is 87.0 Å². The van der Waals surface area contributed by atoms with E-state index in [-0.39, 0.29) is 18.0 Å². The molecular weight excluding hydrogens is 332 g/mol. The van der Waals surface area contributed by atoms with E-state index in [4.69, 9.17) is 4.74 Å². The van der Waals surface area contributed by atoms with E-state index in [9.17, 15) is 4.79 Å². The Bertz CT molecular complexity index is 640. The van der Waals surface area contributed by atoms with Crippen LogP contribution in [0.3, 0.4) is 0 Å². The number of aryl methyl sites for hydroxylation is 2. The molecule has 2 unspecified atom stereocenters. The molecule has 1 aromatic carbocycles. The second-order valence-corrected chi connectivity index (χ2v) is 9.37. The number of esters is 1. The maximum Gasteiger partial charge on any atom is 0.309 e. The predicted molar refractivity (Wildman–Crippen MR) is 112 cm³/mol. The Morgan fingerprint density at radius 2 is 1.63 bits per heavy atom. The maximum absolute atomic E-state index is 12.5. The van der Waals surface area contributed by atoms with Gasteiger partial charge in [0.05, 0.1) is 5.92 Å². The van der Waals surface area contributed by atoms with E-state index in [0.717, 1.165) is 43.9 Å². The third-order valence-electron chi connectivity index (χ3n) is 7.42. The molecule has 2 heteroatoms. The molecule has 1 saturated carbocycles. The van der Waals surface area contributed by atoms with E-state index in [0.29, 0.717) is 0 Å². The second-order valence-electron chi connectivity index (χ2n) is 9.37. The van der Waals surface area contributed by atoms with Crippen molar-refractivity contribution in [3.8, 4) is 0 Å². The molecule has 0 amide bonds. The fourth-order valence-corrected chi connectivity index (χ4v) is 4.94. The molecule has 150 valence electrons. The molecule has 1 saturated heterocycles. The molecule has 2 nitrogen and oxygen atoms in total. The molecule has 1 aromatic rings. The smallest absolute Gasteiger partial charge is 0.309 e. The lowest BCUT2D eigenvalue weighted by atomic mass is 9.80. The Labute approximate surface area is 166 Å². The molecule has 0 bridgehead atoms. The van der Waals surface area contributed by atoms with Crippen LogP contribution in [0.4, 0.5) is 0 Å². The molecule has 0 radical (unpaired) electrons. The normalized spacial score (nSPS) is 28.8. The average Bonchev–Trinajstić information content (AvgIpc) is 2.66. The second kappa shape index (κ2) is 9.26. The van der Waals surface area contributed by atoms with Crippen molar-refractivity contribution in [2.75, 3.05) is 0 Å². The van der Waals surface area contributed by atoms with Crippen molar-refractivity contribution in [2.45, 2.75) is 98.0 Å². The minimum absolute atomic E-state index is 0.0602. The first kappa shape index (κ1) is 20.4. The molecular formula is C25H38O2. The Hall–Kier alpha value is -1.31. The van der Waals surface area contributed by atoms with Crippen LogP contribution in [0.15, 0.2) is 12.1 Å². The van der Waals surface area contributed by atoms with Crippen LogP contribution in [-0.4, -0.2) is 12.1 Å². The van der Waals surface area contributed by atoms with Gasteiger partial charge in [-0.1, -0.05) is 44.7 Å². The van der Waals surface area contributed by atoms with Crippen molar-refractivity contribution >= 4 is 5.97 Å². The summed E-state index contributed by atoms with van der Waals surface area (Å²) >= 11 is 0. The summed E-state index contributed by atoms with van der Waals surface area (Å²) in [6.45, 7) is 8.94. The quantitative estimate of drug-likeness (QED) is 0.536. The molecule has 3 rings (SSSR count). The Balaban J connectivity index is 1.42. The number of cyclic esters (lactones) is 1. The van der Waals surface area contributed by atoms with Gasteiger partial charge in [0.1, 0.15) is 6.10 Å². The highest BCUT2D eigenvalue weighted by atomic mass is 16.5. The third kappa shape index (κ3) is 5.36. The lowest BCUT2D eigenvalue weighted by molar-refractivity contribution is -0.161. The van der Waals surface area contributed by atoms with E-state index in [1.54, 1.807) is 0 Å². The molecule has 2 aliphatic rings. The van der Waals surface area contributed by atoms with Gasteiger partial charge >= 0.3 is 5.97 Å². The Kier molecular flexibility index (Phi) is 7.00. The van der Waals surface area contributed by atoms with Gasteiger partial charge in [0.25, 0.3) is 0 Å². The zero-order chi connectivity index (χ0) is 19.4. The van der Waals surface area contributed by atoms with Crippen LogP contribution in [0.2, 0.25) is 0 Å². The minimum atomic E-state index is 0.0602. The zero-order valence-corrected chi connectivity index (χ0v) is 17.9. The van der Waals surface area contributed by atoms with Gasteiger partial charge in [-0.15, -0.1) is 0 Å². The highest BCUT2D eigenvalue weighted by molar-refractivity contribution is 5.73. The van der Waals surface area contributed by atoms with Gasteiger partial charge in [-0.2, -0.15) is 0 Å². The summed E-state index contributed by atoms with van der Waals surface area (Å²) in [4.78, 5) is 12.5. The lowest BCUT2D eigenvalue weighted by Crippen LogP contribution is -2.32. The van der Waals surface area contributed by atoms with Crippen LogP contribution in [0.25, 0.3) is 0 Å². The monoisotopic (exact) mass is 370 g/mol. The van der Waals surface area contributed by atoms with Crippen molar-refractivity contribution in [1.29, 1.82) is 0 Å². The molecule has 0 aromatic heterocycles. The summed E-state index contributed by atoms with van der Waals surface area (Å²) in [5, 5.41) is 0. The van der Waals surface area contributed by atoms with E-state index in [1.165, 1.54) is 54.4 Å². The zero-order valence-electron chi connectivity index (χ0n) is 17.9. The average molecular weight is 371 g/mol. The van der Waals surface area contributed by atoms with Gasteiger partial charge in [0.2, 0.25) is 0 Å².